The molecule has 9 aromatic carbocycles. The summed E-state index contributed by atoms with van der Waals surface area (Å²) >= 11 is 0. The summed E-state index contributed by atoms with van der Waals surface area (Å²) in [5.74, 6) is -5.53. The number of para-hydroxylation sites is 3. The van der Waals surface area contributed by atoms with Gasteiger partial charge >= 0.3 is 17.9 Å². The fraction of sp³-hybridized carbons (Fsp3) is 0.226. The van der Waals surface area contributed by atoms with Crippen LogP contribution < -0.4 is 16.0 Å². The fourth-order valence-electron chi connectivity index (χ4n) is 14.4. The Hall–Kier alpha value is -12.7. The molecule has 0 bridgehead atoms. The molecule has 588 valence electrons. The lowest BCUT2D eigenvalue weighted by atomic mass is 9.94. The van der Waals surface area contributed by atoms with Crippen molar-refractivity contribution in [3.63, 3.8) is 0 Å². The Morgan fingerprint density at radius 1 is 0.298 bits per heavy atom. The van der Waals surface area contributed by atoms with Gasteiger partial charge in [-0.15, -0.1) is 0 Å². The van der Waals surface area contributed by atoms with Gasteiger partial charge in [-0.3, -0.25) is 28.8 Å². The van der Waals surface area contributed by atoms with Crippen LogP contribution in [-0.2, 0) is 34.0 Å². The average Bonchev–Trinajstić information content (AvgIpc) is 1.60. The number of rotatable bonds is 30. The van der Waals surface area contributed by atoms with E-state index >= 15 is 0 Å². The Morgan fingerprint density at radius 2 is 0.500 bits per heavy atom. The van der Waals surface area contributed by atoms with Crippen molar-refractivity contribution >= 4 is 52.7 Å². The maximum Gasteiger partial charge on any atom is 0.305 e. The van der Waals surface area contributed by atoms with Gasteiger partial charge in [0.05, 0.1) is 71.3 Å². The molecule has 12 rings (SSSR count). The Bertz CT molecular complexity index is 4710. The number of amides is 3. The number of aliphatic hydroxyl groups is 3. The van der Waals surface area contributed by atoms with E-state index in [1.54, 1.807) is 36.4 Å². The van der Waals surface area contributed by atoms with Crippen molar-refractivity contribution in [2.45, 2.75) is 136 Å². The number of carboxylic acid groups (broad SMARTS) is 3. The number of nitrogens with zero attached hydrogens (tertiary/aromatic N) is 3. The van der Waals surface area contributed by atoms with Gasteiger partial charge in [0.1, 0.15) is 17.5 Å². The summed E-state index contributed by atoms with van der Waals surface area (Å²) in [6.07, 6.45) is -3.80. The summed E-state index contributed by atoms with van der Waals surface area (Å²) in [5, 5.41) is 67.6. The highest BCUT2D eigenvalue weighted by molar-refractivity contribution is 6.15. The number of hydrogen-bond acceptors (Lipinski definition) is 9. The van der Waals surface area contributed by atoms with Crippen molar-refractivity contribution < 1.29 is 72.6 Å². The van der Waals surface area contributed by atoms with Crippen molar-refractivity contribution in [3.8, 4) is 67.2 Å². The summed E-state index contributed by atoms with van der Waals surface area (Å²) in [7, 11) is 0. The van der Waals surface area contributed by atoms with E-state index < -0.39 is 36.2 Å². The summed E-state index contributed by atoms with van der Waals surface area (Å²) in [4.78, 5) is 75.4. The van der Waals surface area contributed by atoms with E-state index in [2.05, 4.69) is 16.0 Å². The van der Waals surface area contributed by atoms with Crippen LogP contribution in [0.5, 0.6) is 0 Å². The first-order valence-corrected chi connectivity index (χ1v) is 37.8. The first-order chi connectivity index (χ1) is 54.8. The largest absolute Gasteiger partial charge is 0.481 e. The number of aromatic nitrogens is 3. The van der Waals surface area contributed by atoms with Crippen LogP contribution in [0, 0.1) is 17.5 Å². The predicted molar refractivity (Wildman–Crippen MR) is 440 cm³/mol. The van der Waals surface area contributed by atoms with Gasteiger partial charge < -0.3 is 60.3 Å². The molecule has 9 N–H and O–H groups in total. The summed E-state index contributed by atoms with van der Waals surface area (Å²) in [6, 6.07) is 74.4. The number of carbonyl (C=O) groups is 6. The second-order valence-corrected chi connectivity index (χ2v) is 28.6. The molecule has 0 radical (unpaired) electrons. The molecule has 3 atom stereocenters. The monoisotopic (exact) mass is 1540 g/mol. The van der Waals surface area contributed by atoms with E-state index in [9.17, 15) is 57.3 Å². The number of carboxylic acids is 3. The van der Waals surface area contributed by atoms with Gasteiger partial charge in [-0.2, -0.15) is 0 Å². The lowest BCUT2D eigenvalue weighted by Crippen LogP contribution is -2.19. The highest BCUT2D eigenvalue weighted by Gasteiger charge is 2.35. The van der Waals surface area contributed by atoms with Gasteiger partial charge in [-0.25, -0.2) is 13.2 Å². The minimum absolute atomic E-state index is 0.0974. The zero-order valence-corrected chi connectivity index (χ0v) is 64.2. The van der Waals surface area contributed by atoms with Gasteiger partial charge in [0.15, 0.2) is 0 Å². The van der Waals surface area contributed by atoms with Crippen LogP contribution in [0.1, 0.15) is 146 Å². The molecule has 0 aliphatic carbocycles. The van der Waals surface area contributed by atoms with E-state index in [4.69, 9.17) is 15.3 Å². The highest BCUT2D eigenvalue weighted by atomic mass is 19.1. The van der Waals surface area contributed by atoms with Crippen molar-refractivity contribution in [1.82, 2.24) is 13.7 Å². The van der Waals surface area contributed by atoms with Gasteiger partial charge in [-0.1, -0.05) is 187 Å². The van der Waals surface area contributed by atoms with Gasteiger partial charge in [0.2, 0.25) is 0 Å². The van der Waals surface area contributed by atoms with Gasteiger partial charge in [0.25, 0.3) is 17.7 Å². The number of aliphatic hydroxyl groups excluding tert-OH is 3. The SMILES string of the molecule is CC(C)c1c(C(=O)Nc2ccccc2)c(-c2ccccc2)c(-c2ccc(F)cc2)n1CCC(O)CC(=O)O.CC(C)c1c(C(=O)Nc2ccccc2)c(-c2ccccc2)c(-c2ccc(F)cc2)n1CCC(O)CC(=O)O.CC(C)c1c(C(=O)Nc2ccccc2)c(-c2ccccc2)c(-c2ccc(F)cc2)n1CC[C@@H](O)CC(=O)O. The number of hydrogen-bond donors (Lipinski definition) is 9. The van der Waals surface area contributed by atoms with E-state index in [0.717, 1.165) is 33.8 Å². The highest BCUT2D eigenvalue weighted by Crippen LogP contribution is 2.47. The molecule has 0 saturated carbocycles. The molecule has 0 saturated heterocycles. The van der Waals surface area contributed by atoms with Crippen LogP contribution in [0.15, 0.2) is 255 Å². The molecular weight excluding hydrogens is 1450 g/mol. The zero-order chi connectivity index (χ0) is 81.7. The summed E-state index contributed by atoms with van der Waals surface area (Å²) in [5.41, 5.74) is 14.5. The first-order valence-electron chi connectivity index (χ1n) is 37.8. The topological polar surface area (TPSA) is 275 Å². The molecule has 0 fully saturated rings. The Balaban J connectivity index is 0.000000181. The quantitative estimate of drug-likeness (QED) is 0.0203. The minimum atomic E-state index is -1.08. The third-order valence-corrected chi connectivity index (χ3v) is 19.2. The van der Waals surface area contributed by atoms with Crippen molar-refractivity contribution in [2.75, 3.05) is 16.0 Å². The summed E-state index contributed by atoms with van der Waals surface area (Å²) in [6.45, 7) is 12.7. The van der Waals surface area contributed by atoms with Crippen LogP contribution in [0.4, 0.5) is 30.2 Å². The molecule has 0 aliphatic rings. The molecule has 18 nitrogen and oxygen atoms in total. The smallest absolute Gasteiger partial charge is 0.305 e. The molecule has 12 aromatic rings. The van der Waals surface area contributed by atoms with Crippen molar-refractivity contribution in [1.29, 1.82) is 0 Å². The molecule has 114 heavy (non-hydrogen) atoms. The number of halogens is 3. The predicted octanol–water partition coefficient (Wildman–Crippen LogP) is 19.7. The molecular formula is C93H93F3N6O12. The second-order valence-electron chi connectivity index (χ2n) is 28.6. The fourth-order valence-corrected chi connectivity index (χ4v) is 14.4. The minimum Gasteiger partial charge on any atom is -0.481 e. The number of aliphatic carboxylic acids is 3. The Labute approximate surface area is 660 Å². The number of anilines is 3. The zero-order valence-electron chi connectivity index (χ0n) is 64.2. The van der Waals surface area contributed by atoms with E-state index in [-0.39, 0.29) is 111 Å². The van der Waals surface area contributed by atoms with Crippen molar-refractivity contribution in [2.24, 2.45) is 0 Å². The van der Waals surface area contributed by atoms with E-state index in [1.165, 1.54) is 36.4 Å². The lowest BCUT2D eigenvalue weighted by molar-refractivity contribution is -0.140. The average molecular weight is 1540 g/mol. The standard InChI is InChI=1S/3C31H31FN2O4/c3*1-20(2)29-28(31(38)33-24-11-7-4-8-12-24)27(21-9-5-3-6-10-21)30(22-13-15-23(32)16-14-22)34(29)18-17-25(35)19-26(36)37/h3*3-16,20,25,35H,17-19H2,1-2H3,(H,33,38)(H,36,37)/t25-;;/m1../s1. The number of nitrogens with one attached hydrogen (secondary N) is 3. The maximum absolute atomic E-state index is 14.0. The maximum atomic E-state index is 14.0. The van der Waals surface area contributed by atoms with Gasteiger partial charge in [0, 0.05) is 70.5 Å². The number of benzene rings is 9. The van der Waals surface area contributed by atoms with Crippen molar-refractivity contribution in [3.05, 3.63) is 306 Å². The molecule has 0 aliphatic heterocycles. The van der Waals surface area contributed by atoms with Crippen LogP contribution >= 0.6 is 0 Å². The van der Waals surface area contributed by atoms with Crippen LogP contribution in [0.3, 0.4) is 0 Å². The Morgan fingerprint density at radius 3 is 0.693 bits per heavy atom. The van der Waals surface area contributed by atoms with E-state index in [0.29, 0.717) is 84.2 Å². The molecule has 3 heterocycles. The Kier molecular flexibility index (Phi) is 29.0. The van der Waals surface area contributed by atoms with Gasteiger partial charge in [-0.05, 0) is 180 Å². The molecule has 3 amide bonds. The van der Waals surface area contributed by atoms with Crippen LogP contribution in [0.2, 0.25) is 0 Å². The first kappa shape index (κ1) is 83.8. The van der Waals surface area contributed by atoms with Crippen LogP contribution in [0.25, 0.3) is 67.2 Å². The molecule has 3 aromatic heterocycles. The third-order valence-electron chi connectivity index (χ3n) is 19.2. The van der Waals surface area contributed by atoms with E-state index in [1.807, 2.05) is 237 Å². The molecule has 2 unspecified atom stereocenters. The van der Waals surface area contributed by atoms with Crippen LogP contribution in [-0.4, -0.2) is 98.3 Å². The lowest BCUT2D eigenvalue weighted by Gasteiger charge is -2.18. The normalized spacial score (nSPS) is 11.9. The third kappa shape index (κ3) is 21.3. The molecule has 21 heteroatoms. The number of carbonyl (C=O) groups excluding carboxylic acids is 3. The second kappa shape index (κ2) is 39.5. The molecule has 0 spiro atoms. The summed E-state index contributed by atoms with van der Waals surface area (Å²) < 4.78 is 47.7.